The first kappa shape index (κ1) is 26.0. The van der Waals surface area contributed by atoms with Gasteiger partial charge in [-0.3, -0.25) is 4.90 Å². The highest BCUT2D eigenvalue weighted by molar-refractivity contribution is 5.92. The van der Waals surface area contributed by atoms with Crippen molar-refractivity contribution in [3.8, 4) is 28.7 Å². The van der Waals surface area contributed by atoms with Crippen LogP contribution in [0.15, 0.2) is 24.3 Å². The average molecular weight is 497 g/mol. The van der Waals surface area contributed by atoms with E-state index in [1.54, 1.807) is 0 Å². The summed E-state index contributed by atoms with van der Waals surface area (Å²) < 4.78 is 5.10. The molecule has 0 radical (unpaired) electrons. The molecule has 14 nitrogen and oxygen atoms in total. The van der Waals surface area contributed by atoms with Crippen molar-refractivity contribution in [1.82, 2.24) is 4.90 Å². The molecule has 1 aliphatic rings. The Balaban J connectivity index is 2.47. The molecule has 0 aliphatic carbocycles. The van der Waals surface area contributed by atoms with Gasteiger partial charge in [-0.2, -0.15) is 0 Å². The van der Waals surface area contributed by atoms with Crippen molar-refractivity contribution in [1.29, 1.82) is 0 Å². The van der Waals surface area contributed by atoms with Crippen molar-refractivity contribution in [2.45, 2.75) is 24.1 Å². The Morgan fingerprint density at radius 1 is 1.00 bits per heavy atom. The maximum Gasteiger partial charge on any atom is 0.369 e. The summed E-state index contributed by atoms with van der Waals surface area (Å²) >= 11 is 0. The number of hydrogen-bond donors (Lipinski definition) is 11. The van der Waals surface area contributed by atoms with Gasteiger partial charge < -0.3 is 60.9 Å². The van der Waals surface area contributed by atoms with Crippen LogP contribution in [0.3, 0.4) is 0 Å². The summed E-state index contributed by atoms with van der Waals surface area (Å²) in [4.78, 5) is 12.3. The van der Waals surface area contributed by atoms with Crippen LogP contribution in [0, 0.1) is 0 Å². The number of aliphatic carboxylic acids is 1. The number of nitrogens with zero attached hydrogens (tertiary/aromatic N) is 1. The van der Waals surface area contributed by atoms with Gasteiger partial charge in [-0.1, -0.05) is 6.08 Å². The zero-order valence-electron chi connectivity index (χ0n) is 18.2. The van der Waals surface area contributed by atoms with Gasteiger partial charge in [0.05, 0.1) is 0 Å². The minimum Gasteiger partial charge on any atom is -0.504 e. The van der Waals surface area contributed by atoms with Gasteiger partial charge in [-0.15, -0.1) is 0 Å². The summed E-state index contributed by atoms with van der Waals surface area (Å²) in [7, 11) is 2.60. The van der Waals surface area contributed by atoms with E-state index in [1.165, 1.54) is 14.1 Å². The third-order valence-corrected chi connectivity index (χ3v) is 5.51. The molecular formula is C21H23NO13. The number of hydrogen-bond acceptors (Lipinski definition) is 13. The molecule has 0 aromatic heterocycles. The van der Waals surface area contributed by atoms with E-state index in [9.17, 15) is 55.9 Å². The Labute approximate surface area is 196 Å². The van der Waals surface area contributed by atoms with E-state index in [0.29, 0.717) is 0 Å². The monoisotopic (exact) mass is 497 g/mol. The lowest BCUT2D eigenvalue weighted by atomic mass is 9.88. The highest BCUT2D eigenvalue weighted by atomic mass is 16.8. The van der Waals surface area contributed by atoms with Crippen LogP contribution < -0.4 is 4.74 Å². The van der Waals surface area contributed by atoms with Crippen LogP contribution in [-0.2, 0) is 16.6 Å². The molecule has 3 rings (SSSR count). The van der Waals surface area contributed by atoms with Crippen molar-refractivity contribution >= 4 is 11.5 Å². The van der Waals surface area contributed by atoms with E-state index in [0.717, 1.165) is 29.2 Å². The van der Waals surface area contributed by atoms with E-state index >= 15 is 0 Å². The molecule has 0 unspecified atom stereocenters. The smallest absolute Gasteiger partial charge is 0.369 e. The number of carbonyl (C=O) groups is 1. The van der Waals surface area contributed by atoms with Gasteiger partial charge in [-0.05, 0) is 37.9 Å². The first-order chi connectivity index (χ1) is 15.9. The fourth-order valence-electron chi connectivity index (χ4n) is 3.42. The van der Waals surface area contributed by atoms with Crippen molar-refractivity contribution < 1.29 is 65.7 Å². The van der Waals surface area contributed by atoms with Crippen LogP contribution in [0.25, 0.3) is 5.57 Å². The van der Waals surface area contributed by atoms with Crippen LogP contribution in [0.5, 0.6) is 28.7 Å². The fourth-order valence-corrected chi connectivity index (χ4v) is 3.42. The lowest BCUT2D eigenvalue weighted by molar-refractivity contribution is -0.304. The normalized spacial score (nSPS) is 16.4. The first-order valence-corrected chi connectivity index (χ1v) is 9.73. The van der Waals surface area contributed by atoms with Crippen molar-refractivity contribution in [3.63, 3.8) is 0 Å². The summed E-state index contributed by atoms with van der Waals surface area (Å²) in [6.45, 7) is 0. The molecule has 1 heterocycles. The summed E-state index contributed by atoms with van der Waals surface area (Å²) in [6, 6.07) is 2.57. The zero-order valence-corrected chi connectivity index (χ0v) is 18.2. The predicted molar refractivity (Wildman–Crippen MR) is 113 cm³/mol. The lowest BCUT2D eigenvalue weighted by Crippen LogP contribution is -2.43. The standard InChI is InChI=1S/C21H23NO13/c1-22(2)19(29,30)6-5-9-10-7-8(20(31,32)18(27)28)3-4-11(10)35-21(33,34)13-12(9)14(23)16(25)17(26)15(13)24/h3-5,7,23-26,29-34H,6H2,1-2H3,(H,27,28). The molecule has 0 atom stereocenters. The topological polar surface area (TPSA) is 252 Å². The number of benzene rings is 2. The minimum absolute atomic E-state index is 0.364. The third kappa shape index (κ3) is 4.19. The van der Waals surface area contributed by atoms with Crippen molar-refractivity contribution in [3.05, 3.63) is 46.5 Å². The van der Waals surface area contributed by atoms with Crippen molar-refractivity contribution in [2.75, 3.05) is 14.1 Å². The molecule has 1 aliphatic heterocycles. The molecule has 2 aromatic carbocycles. The van der Waals surface area contributed by atoms with Gasteiger partial charge in [0.2, 0.25) is 17.4 Å². The number of ether oxygens (including phenoxy) is 1. The number of phenolic OH excluding ortho intramolecular Hbond substituents is 4. The van der Waals surface area contributed by atoms with Crippen LogP contribution in [-0.4, -0.2) is 87.0 Å². The SMILES string of the molecule is CN(C)C(O)(O)CC=C1c2cc(C(O)(O)C(=O)O)ccc2OC(O)(O)c2c(O)c(O)c(O)c(O)c21. The third-order valence-electron chi connectivity index (χ3n) is 5.51. The van der Waals surface area contributed by atoms with Crippen molar-refractivity contribution in [2.24, 2.45) is 0 Å². The largest absolute Gasteiger partial charge is 0.504 e. The molecule has 0 fully saturated rings. The van der Waals surface area contributed by atoms with Gasteiger partial charge in [0.1, 0.15) is 11.3 Å². The van der Waals surface area contributed by atoms with E-state index in [2.05, 4.69) is 0 Å². The van der Waals surface area contributed by atoms with E-state index in [4.69, 9.17) is 9.84 Å². The molecule has 190 valence electrons. The molecule has 14 heteroatoms. The van der Waals surface area contributed by atoms with Crippen LogP contribution in [0.1, 0.15) is 28.7 Å². The van der Waals surface area contributed by atoms with Gasteiger partial charge in [-0.25, -0.2) is 4.79 Å². The Morgan fingerprint density at radius 2 is 1.57 bits per heavy atom. The number of carboxylic acid groups (broad SMARTS) is 1. The minimum atomic E-state index is -3.48. The quantitative estimate of drug-likeness (QED) is 0.124. The molecule has 35 heavy (non-hydrogen) atoms. The molecular weight excluding hydrogens is 474 g/mol. The Kier molecular flexibility index (Phi) is 6.12. The van der Waals surface area contributed by atoms with E-state index < -0.39 is 81.1 Å². The zero-order chi connectivity index (χ0) is 26.7. The number of carboxylic acids is 1. The fraction of sp³-hybridized carbons (Fsp3) is 0.286. The number of phenols is 4. The van der Waals surface area contributed by atoms with Gasteiger partial charge in [0, 0.05) is 23.1 Å². The molecule has 0 bridgehead atoms. The van der Waals surface area contributed by atoms with E-state index in [1.807, 2.05) is 0 Å². The number of rotatable bonds is 5. The molecule has 0 saturated heterocycles. The van der Waals surface area contributed by atoms with Gasteiger partial charge in [0.15, 0.2) is 11.5 Å². The first-order valence-electron chi connectivity index (χ1n) is 9.73. The van der Waals surface area contributed by atoms with Crippen LogP contribution >= 0.6 is 0 Å². The molecule has 0 saturated carbocycles. The highest BCUT2D eigenvalue weighted by Gasteiger charge is 2.45. The molecule has 0 amide bonds. The van der Waals surface area contributed by atoms with Crippen LogP contribution in [0.4, 0.5) is 0 Å². The second-order valence-corrected chi connectivity index (χ2v) is 8.03. The lowest BCUT2D eigenvalue weighted by Gasteiger charge is -2.28. The second kappa shape index (κ2) is 8.24. The number of aromatic hydroxyl groups is 4. The maximum atomic E-state index is 11.3. The second-order valence-electron chi connectivity index (χ2n) is 8.03. The Hall–Kier alpha value is -3.63. The highest BCUT2D eigenvalue weighted by Crippen LogP contribution is 2.56. The number of fused-ring (bicyclic) bond motifs is 2. The summed E-state index contributed by atoms with van der Waals surface area (Å²) in [5.41, 5.74) is -3.29. The average Bonchev–Trinajstić information content (AvgIpc) is 2.85. The number of aliphatic hydroxyl groups is 6. The summed E-state index contributed by atoms with van der Waals surface area (Å²) in [5, 5.41) is 112. The summed E-state index contributed by atoms with van der Waals surface area (Å²) in [6.07, 6.45) is 0.311. The Bertz CT molecular complexity index is 1230. The molecule has 2 aromatic rings. The maximum absolute atomic E-state index is 11.3. The van der Waals surface area contributed by atoms with Crippen LogP contribution in [0.2, 0.25) is 0 Å². The summed E-state index contributed by atoms with van der Waals surface area (Å²) in [5.74, 6) is -17.2. The van der Waals surface area contributed by atoms with E-state index in [-0.39, 0.29) is 5.56 Å². The molecule has 11 N–H and O–H groups in total. The molecule has 0 spiro atoms. The predicted octanol–water partition coefficient (Wildman–Crippen LogP) is -1.76. The van der Waals surface area contributed by atoms with Gasteiger partial charge >= 0.3 is 11.9 Å². The van der Waals surface area contributed by atoms with Gasteiger partial charge in [0.25, 0.3) is 5.79 Å². The Morgan fingerprint density at radius 3 is 2.11 bits per heavy atom.